The number of nitrogens with zero attached hydrogens (tertiary/aromatic N) is 4. The number of aromatic amines is 1. The molecule has 8 nitrogen and oxygen atoms in total. The van der Waals surface area contributed by atoms with E-state index in [1.54, 1.807) is 13.4 Å². The predicted molar refractivity (Wildman–Crippen MR) is 126 cm³/mol. The smallest absolute Gasteiger partial charge is 0.165 e. The fourth-order valence-electron chi connectivity index (χ4n) is 3.94. The Kier molecular flexibility index (Phi) is 5.38. The molecule has 162 valence electrons. The first-order valence-electron chi connectivity index (χ1n) is 10.2. The molecular formula is C23H22ClN7O. The van der Waals surface area contributed by atoms with Crippen molar-refractivity contribution in [3.8, 4) is 5.75 Å². The molecule has 0 saturated heterocycles. The average molecular weight is 448 g/mol. The molecule has 0 aliphatic carbocycles. The molecule has 0 saturated carbocycles. The molecule has 5 aromatic rings. The summed E-state index contributed by atoms with van der Waals surface area (Å²) < 4.78 is 7.37. The van der Waals surface area contributed by atoms with Gasteiger partial charge in [-0.1, -0.05) is 29.8 Å². The second-order valence-corrected chi connectivity index (χ2v) is 7.98. The van der Waals surface area contributed by atoms with E-state index in [9.17, 15) is 0 Å². The van der Waals surface area contributed by atoms with Crippen LogP contribution in [0.3, 0.4) is 0 Å². The molecule has 0 radical (unpaired) electrons. The Bertz CT molecular complexity index is 1410. The molecule has 9 heteroatoms. The van der Waals surface area contributed by atoms with Crippen molar-refractivity contribution in [1.29, 1.82) is 0 Å². The van der Waals surface area contributed by atoms with Crippen LogP contribution < -0.4 is 15.8 Å². The van der Waals surface area contributed by atoms with E-state index in [2.05, 4.69) is 37.4 Å². The number of rotatable bonds is 7. The molecular weight excluding hydrogens is 426 g/mol. The summed E-state index contributed by atoms with van der Waals surface area (Å²) in [5.41, 5.74) is 11.5. The van der Waals surface area contributed by atoms with Crippen LogP contribution in [-0.4, -0.2) is 31.6 Å². The molecule has 0 amide bonds. The molecule has 3 heterocycles. The third-order valence-electron chi connectivity index (χ3n) is 5.42. The lowest BCUT2D eigenvalue weighted by Crippen LogP contribution is -2.13. The van der Waals surface area contributed by atoms with Crippen LogP contribution in [-0.2, 0) is 19.6 Å². The van der Waals surface area contributed by atoms with Gasteiger partial charge in [0.2, 0.25) is 0 Å². The molecule has 2 aromatic carbocycles. The van der Waals surface area contributed by atoms with Crippen LogP contribution in [0.1, 0.15) is 16.8 Å². The fourth-order valence-corrected chi connectivity index (χ4v) is 4.19. The summed E-state index contributed by atoms with van der Waals surface area (Å²) in [5.74, 6) is 1.25. The first-order chi connectivity index (χ1) is 15.6. The van der Waals surface area contributed by atoms with Crippen molar-refractivity contribution in [2.45, 2.75) is 19.6 Å². The Hall–Kier alpha value is -3.62. The summed E-state index contributed by atoms with van der Waals surface area (Å²) in [6, 6.07) is 14.0. The highest BCUT2D eigenvalue weighted by molar-refractivity contribution is 6.31. The Labute approximate surface area is 189 Å². The predicted octanol–water partition coefficient (Wildman–Crippen LogP) is 3.89. The van der Waals surface area contributed by atoms with Crippen molar-refractivity contribution in [3.05, 3.63) is 77.0 Å². The molecule has 32 heavy (non-hydrogen) atoms. The van der Waals surface area contributed by atoms with E-state index in [1.807, 2.05) is 34.9 Å². The van der Waals surface area contributed by atoms with Gasteiger partial charge in [-0.05, 0) is 29.8 Å². The summed E-state index contributed by atoms with van der Waals surface area (Å²) in [5, 5.41) is 5.21. The third-order valence-corrected chi connectivity index (χ3v) is 5.64. The summed E-state index contributed by atoms with van der Waals surface area (Å²) in [6.45, 7) is 1.94. The maximum Gasteiger partial charge on any atom is 0.165 e. The SMILES string of the molecule is COc1ccccc1CNCc1cc2cc(Cl)cc(Cn3cnc4c(N)ncnc43)c2[nH]1. The molecule has 5 rings (SSSR count). The minimum absolute atomic E-state index is 0.369. The Morgan fingerprint density at radius 2 is 1.97 bits per heavy atom. The Morgan fingerprint density at radius 1 is 1.09 bits per heavy atom. The maximum atomic E-state index is 6.42. The number of halogens is 1. The number of nitrogens with one attached hydrogen (secondary N) is 2. The second kappa shape index (κ2) is 8.49. The Morgan fingerprint density at radius 3 is 2.84 bits per heavy atom. The van der Waals surface area contributed by atoms with Crippen molar-refractivity contribution in [3.63, 3.8) is 0 Å². The van der Waals surface area contributed by atoms with Crippen LogP contribution >= 0.6 is 11.6 Å². The monoisotopic (exact) mass is 447 g/mol. The maximum absolute atomic E-state index is 6.42. The van der Waals surface area contributed by atoms with Gasteiger partial charge in [0.1, 0.15) is 17.6 Å². The third kappa shape index (κ3) is 3.86. The molecule has 0 spiro atoms. The molecule has 0 fully saturated rings. The molecule has 0 atom stereocenters. The number of aromatic nitrogens is 5. The number of para-hydroxylation sites is 1. The lowest BCUT2D eigenvalue weighted by atomic mass is 10.1. The van der Waals surface area contributed by atoms with Gasteiger partial charge in [0.25, 0.3) is 0 Å². The van der Waals surface area contributed by atoms with E-state index >= 15 is 0 Å². The number of H-pyrrole nitrogens is 1. The Balaban J connectivity index is 1.39. The molecule has 0 aliphatic heterocycles. The first kappa shape index (κ1) is 20.3. The quantitative estimate of drug-likeness (QED) is 0.349. The van der Waals surface area contributed by atoms with Crippen LogP contribution in [0.2, 0.25) is 5.02 Å². The number of nitrogens with two attached hydrogens (primary N) is 1. The van der Waals surface area contributed by atoms with Crippen molar-refractivity contribution in [2.75, 3.05) is 12.8 Å². The number of methoxy groups -OCH3 is 1. The van der Waals surface area contributed by atoms with Crippen LogP contribution in [0.4, 0.5) is 5.82 Å². The number of imidazole rings is 1. The molecule has 3 aromatic heterocycles. The number of ether oxygens (including phenoxy) is 1. The van der Waals surface area contributed by atoms with Crippen molar-refractivity contribution >= 4 is 39.5 Å². The summed E-state index contributed by atoms with van der Waals surface area (Å²) in [4.78, 5) is 16.2. The number of benzene rings is 2. The van der Waals surface area contributed by atoms with Gasteiger partial charge in [-0.3, -0.25) is 0 Å². The number of nitrogen functional groups attached to an aromatic ring is 1. The van der Waals surface area contributed by atoms with Crippen molar-refractivity contribution < 1.29 is 4.74 Å². The average Bonchev–Trinajstić information content (AvgIpc) is 3.39. The van der Waals surface area contributed by atoms with Crippen LogP contribution in [0, 0.1) is 0 Å². The van der Waals surface area contributed by atoms with Crippen LogP contribution in [0.25, 0.3) is 22.1 Å². The topological polar surface area (TPSA) is 107 Å². The lowest BCUT2D eigenvalue weighted by molar-refractivity contribution is 0.407. The lowest BCUT2D eigenvalue weighted by Gasteiger charge is -2.09. The molecule has 0 unspecified atom stereocenters. The largest absolute Gasteiger partial charge is 0.496 e. The van der Waals surface area contributed by atoms with E-state index in [0.717, 1.165) is 33.5 Å². The molecule has 0 bridgehead atoms. The fraction of sp³-hybridized carbons (Fsp3) is 0.174. The van der Waals surface area contributed by atoms with Crippen molar-refractivity contribution in [1.82, 2.24) is 29.8 Å². The highest BCUT2D eigenvalue weighted by atomic mass is 35.5. The van der Waals surface area contributed by atoms with Gasteiger partial charge in [0.05, 0.1) is 25.5 Å². The number of hydrogen-bond donors (Lipinski definition) is 3. The van der Waals surface area contributed by atoms with Gasteiger partial charge in [-0.25, -0.2) is 15.0 Å². The number of hydrogen-bond acceptors (Lipinski definition) is 6. The summed E-state index contributed by atoms with van der Waals surface area (Å²) >= 11 is 6.42. The first-order valence-corrected chi connectivity index (χ1v) is 10.5. The zero-order valence-corrected chi connectivity index (χ0v) is 18.2. The van der Waals surface area contributed by atoms with Gasteiger partial charge in [0, 0.05) is 34.8 Å². The van der Waals surface area contributed by atoms with E-state index in [4.69, 9.17) is 22.1 Å². The molecule has 4 N–H and O–H groups in total. The highest BCUT2D eigenvalue weighted by Gasteiger charge is 2.12. The van der Waals surface area contributed by atoms with E-state index in [-0.39, 0.29) is 0 Å². The minimum Gasteiger partial charge on any atom is -0.496 e. The van der Waals surface area contributed by atoms with Gasteiger partial charge in [0.15, 0.2) is 11.5 Å². The van der Waals surface area contributed by atoms with Gasteiger partial charge < -0.3 is 25.3 Å². The van der Waals surface area contributed by atoms with Gasteiger partial charge >= 0.3 is 0 Å². The van der Waals surface area contributed by atoms with Gasteiger partial charge in [-0.2, -0.15) is 0 Å². The van der Waals surface area contributed by atoms with Crippen LogP contribution in [0.15, 0.2) is 55.1 Å². The summed E-state index contributed by atoms with van der Waals surface area (Å²) in [6.07, 6.45) is 3.17. The highest BCUT2D eigenvalue weighted by Crippen LogP contribution is 2.27. The van der Waals surface area contributed by atoms with E-state index in [0.29, 0.717) is 41.6 Å². The van der Waals surface area contributed by atoms with E-state index < -0.39 is 0 Å². The minimum atomic E-state index is 0.369. The standard InChI is InChI=1S/C23H22ClN7O/c1-32-19-5-3-2-4-14(19)9-26-10-18-8-15-6-17(24)7-16(20(15)30-18)11-31-13-29-21-22(25)27-12-28-23(21)31/h2-8,12-13,26,30H,9-11H2,1H3,(H2,25,27,28). The zero-order chi connectivity index (χ0) is 22.1. The van der Waals surface area contributed by atoms with Crippen LogP contribution in [0.5, 0.6) is 5.75 Å². The van der Waals surface area contributed by atoms with E-state index in [1.165, 1.54) is 6.33 Å². The second-order valence-electron chi connectivity index (χ2n) is 7.54. The zero-order valence-electron chi connectivity index (χ0n) is 17.5. The number of fused-ring (bicyclic) bond motifs is 2. The van der Waals surface area contributed by atoms with Crippen molar-refractivity contribution in [2.24, 2.45) is 0 Å². The number of anilines is 1. The van der Waals surface area contributed by atoms with Gasteiger partial charge in [-0.15, -0.1) is 0 Å². The normalized spacial score (nSPS) is 11.4. The molecule has 0 aliphatic rings. The summed E-state index contributed by atoms with van der Waals surface area (Å²) in [7, 11) is 1.69.